The summed E-state index contributed by atoms with van der Waals surface area (Å²) in [5, 5.41) is 0. The lowest BCUT2D eigenvalue weighted by molar-refractivity contribution is 0.104. The van der Waals surface area contributed by atoms with Gasteiger partial charge in [0.1, 0.15) is 19.0 Å². The summed E-state index contributed by atoms with van der Waals surface area (Å²) in [7, 11) is 1.57. The topological polar surface area (TPSA) is 44.8 Å². The van der Waals surface area contributed by atoms with Crippen LogP contribution in [0.25, 0.3) is 6.08 Å². The number of rotatable bonds is 11. The van der Waals surface area contributed by atoms with E-state index in [1.165, 1.54) is 6.08 Å². The van der Waals surface area contributed by atoms with Gasteiger partial charge >= 0.3 is 0 Å². The number of carbonyl (C=O) groups is 1. The van der Waals surface area contributed by atoms with Gasteiger partial charge in [-0.2, -0.15) is 0 Å². The number of methoxy groups -OCH3 is 1. The molecular formula is C25H24O4. The van der Waals surface area contributed by atoms with Gasteiger partial charge in [0, 0.05) is 5.56 Å². The Morgan fingerprint density at radius 3 is 2.55 bits per heavy atom. The summed E-state index contributed by atoms with van der Waals surface area (Å²) in [6.45, 7) is 7.93. The van der Waals surface area contributed by atoms with Gasteiger partial charge in [-0.1, -0.05) is 36.8 Å². The van der Waals surface area contributed by atoms with E-state index in [2.05, 4.69) is 19.1 Å². The van der Waals surface area contributed by atoms with E-state index in [1.54, 1.807) is 49.6 Å². The minimum atomic E-state index is -0.121. The monoisotopic (exact) mass is 388 g/mol. The minimum Gasteiger partial charge on any atom is -0.493 e. The lowest BCUT2D eigenvalue weighted by Gasteiger charge is -2.10. The van der Waals surface area contributed by atoms with Crippen LogP contribution in [0.4, 0.5) is 0 Å². The van der Waals surface area contributed by atoms with Crippen LogP contribution in [0.2, 0.25) is 0 Å². The first-order valence-electron chi connectivity index (χ1n) is 9.07. The fourth-order valence-corrected chi connectivity index (χ4v) is 2.63. The Labute approximate surface area is 172 Å². The predicted molar refractivity (Wildman–Crippen MR) is 117 cm³/mol. The van der Waals surface area contributed by atoms with Gasteiger partial charge in [0.25, 0.3) is 0 Å². The van der Waals surface area contributed by atoms with Crippen molar-refractivity contribution in [3.05, 3.63) is 84.5 Å². The number of carbonyl (C=O) groups excluding carboxylic acids is 1. The second kappa shape index (κ2) is 11.2. The number of allylic oxidation sites excluding steroid dienone is 2. The van der Waals surface area contributed by atoms with E-state index in [4.69, 9.17) is 20.6 Å². The summed E-state index contributed by atoms with van der Waals surface area (Å²) >= 11 is 0. The molecule has 4 nitrogen and oxygen atoms in total. The van der Waals surface area contributed by atoms with Crippen LogP contribution in [0.15, 0.2) is 67.8 Å². The molecule has 148 valence electrons. The third-order valence-electron chi connectivity index (χ3n) is 3.99. The van der Waals surface area contributed by atoms with Gasteiger partial charge in [-0.15, -0.1) is 13.0 Å². The predicted octanol–water partition coefficient (Wildman–Crippen LogP) is 4.90. The van der Waals surface area contributed by atoms with Gasteiger partial charge < -0.3 is 14.2 Å². The minimum absolute atomic E-state index is 0.121. The SMILES string of the molecule is C#CCOc1ccc(C(=O)/C=C/c2ccc(OCC=C)c(OC)c2)cc1CC=C. The zero-order valence-corrected chi connectivity index (χ0v) is 16.5. The summed E-state index contributed by atoms with van der Waals surface area (Å²) in [5.74, 6) is 4.18. The molecule has 2 aromatic rings. The van der Waals surface area contributed by atoms with Crippen molar-refractivity contribution in [2.45, 2.75) is 6.42 Å². The average molecular weight is 388 g/mol. The molecule has 0 saturated heterocycles. The van der Waals surface area contributed by atoms with Gasteiger partial charge in [0.2, 0.25) is 0 Å². The molecule has 0 saturated carbocycles. The Morgan fingerprint density at radius 1 is 1.07 bits per heavy atom. The van der Waals surface area contributed by atoms with Gasteiger partial charge in [-0.25, -0.2) is 0 Å². The fraction of sp³-hybridized carbons (Fsp3) is 0.160. The van der Waals surface area contributed by atoms with E-state index in [-0.39, 0.29) is 12.4 Å². The molecule has 0 N–H and O–H groups in total. The average Bonchev–Trinajstić information content (AvgIpc) is 2.75. The first kappa shape index (κ1) is 21.6. The van der Waals surface area contributed by atoms with Crippen molar-refractivity contribution in [2.24, 2.45) is 0 Å². The van der Waals surface area contributed by atoms with Crippen molar-refractivity contribution >= 4 is 11.9 Å². The molecule has 0 aromatic heterocycles. The van der Waals surface area contributed by atoms with Crippen LogP contribution in [0, 0.1) is 12.3 Å². The van der Waals surface area contributed by atoms with E-state index < -0.39 is 0 Å². The molecule has 0 aliphatic rings. The smallest absolute Gasteiger partial charge is 0.185 e. The van der Waals surface area contributed by atoms with Gasteiger partial charge in [-0.05, 0) is 54.0 Å². The van der Waals surface area contributed by atoms with Gasteiger partial charge in [0.05, 0.1) is 7.11 Å². The number of hydrogen-bond acceptors (Lipinski definition) is 4. The zero-order chi connectivity index (χ0) is 21.1. The Balaban J connectivity index is 2.19. The summed E-state index contributed by atoms with van der Waals surface area (Å²) in [6.07, 6.45) is 12.5. The van der Waals surface area contributed by atoms with E-state index in [1.807, 2.05) is 12.1 Å². The molecule has 2 aromatic carbocycles. The maximum absolute atomic E-state index is 12.6. The maximum atomic E-state index is 12.6. The number of ether oxygens (including phenoxy) is 3. The number of ketones is 1. The molecule has 0 unspecified atom stereocenters. The summed E-state index contributed by atoms with van der Waals surface area (Å²) in [5.41, 5.74) is 2.24. The molecule has 0 heterocycles. The Bertz CT molecular complexity index is 948. The molecular weight excluding hydrogens is 364 g/mol. The standard InChI is InChI=1S/C25H24O4/c1-5-8-21-18-20(11-14-23(21)28-15-6-2)22(26)12-9-19-10-13-24(29-16-7-3)25(17-19)27-4/h2,5,7,9-14,17-18H,1,3,8,15-16H2,4H3/b12-9+. The first-order chi connectivity index (χ1) is 14.1. The number of benzene rings is 2. The molecule has 0 aliphatic heterocycles. The van der Waals surface area contributed by atoms with Crippen LogP contribution >= 0.6 is 0 Å². The summed E-state index contributed by atoms with van der Waals surface area (Å²) in [4.78, 5) is 12.6. The van der Waals surface area contributed by atoms with Crippen molar-refractivity contribution in [3.8, 4) is 29.6 Å². The van der Waals surface area contributed by atoms with Crippen molar-refractivity contribution in [1.29, 1.82) is 0 Å². The molecule has 2 rings (SSSR count). The molecule has 0 radical (unpaired) electrons. The lowest BCUT2D eigenvalue weighted by atomic mass is 10.0. The molecule has 0 aliphatic carbocycles. The first-order valence-corrected chi connectivity index (χ1v) is 9.07. The zero-order valence-electron chi connectivity index (χ0n) is 16.5. The van der Waals surface area contributed by atoms with Crippen molar-refractivity contribution in [2.75, 3.05) is 20.3 Å². The molecule has 0 fully saturated rings. The molecule has 0 bridgehead atoms. The van der Waals surface area contributed by atoms with Crippen LogP contribution in [0.5, 0.6) is 17.2 Å². The summed E-state index contributed by atoms with van der Waals surface area (Å²) < 4.78 is 16.4. The lowest BCUT2D eigenvalue weighted by Crippen LogP contribution is -2.01. The number of hydrogen-bond donors (Lipinski definition) is 0. The Kier molecular flexibility index (Phi) is 8.34. The van der Waals surface area contributed by atoms with Crippen molar-refractivity contribution < 1.29 is 19.0 Å². The Morgan fingerprint density at radius 2 is 1.86 bits per heavy atom. The van der Waals surface area contributed by atoms with Crippen LogP contribution in [0.1, 0.15) is 21.5 Å². The van der Waals surface area contributed by atoms with Gasteiger partial charge in [0.15, 0.2) is 17.3 Å². The van der Waals surface area contributed by atoms with Crippen LogP contribution in [-0.4, -0.2) is 26.1 Å². The van der Waals surface area contributed by atoms with Crippen LogP contribution < -0.4 is 14.2 Å². The third-order valence-corrected chi connectivity index (χ3v) is 3.99. The highest BCUT2D eigenvalue weighted by Crippen LogP contribution is 2.29. The highest BCUT2D eigenvalue weighted by molar-refractivity contribution is 6.07. The Hall–Kier alpha value is -3.71. The highest BCUT2D eigenvalue weighted by Gasteiger charge is 2.09. The van der Waals surface area contributed by atoms with E-state index >= 15 is 0 Å². The third kappa shape index (κ3) is 6.15. The van der Waals surface area contributed by atoms with Crippen molar-refractivity contribution in [3.63, 3.8) is 0 Å². The van der Waals surface area contributed by atoms with Gasteiger partial charge in [-0.3, -0.25) is 4.79 Å². The fourth-order valence-electron chi connectivity index (χ4n) is 2.63. The summed E-state index contributed by atoms with van der Waals surface area (Å²) in [6, 6.07) is 10.7. The molecule has 0 spiro atoms. The quantitative estimate of drug-likeness (QED) is 0.238. The van der Waals surface area contributed by atoms with Crippen LogP contribution in [0.3, 0.4) is 0 Å². The second-order valence-corrected chi connectivity index (χ2v) is 6.02. The number of terminal acetylenes is 1. The van der Waals surface area contributed by atoms with E-state index in [9.17, 15) is 4.79 Å². The maximum Gasteiger partial charge on any atom is 0.185 e. The molecule has 29 heavy (non-hydrogen) atoms. The van der Waals surface area contributed by atoms with Crippen LogP contribution in [-0.2, 0) is 6.42 Å². The van der Waals surface area contributed by atoms with Crippen molar-refractivity contribution in [1.82, 2.24) is 0 Å². The second-order valence-electron chi connectivity index (χ2n) is 6.02. The highest BCUT2D eigenvalue weighted by atomic mass is 16.5. The molecule has 4 heteroatoms. The molecule has 0 atom stereocenters. The largest absolute Gasteiger partial charge is 0.493 e. The normalized spacial score (nSPS) is 10.2. The van der Waals surface area contributed by atoms with E-state index in [0.717, 1.165) is 11.1 Å². The van der Waals surface area contributed by atoms with E-state index in [0.29, 0.717) is 35.8 Å². The molecule has 0 amide bonds.